The van der Waals surface area contributed by atoms with E-state index < -0.39 is 11.7 Å². The Labute approximate surface area is 157 Å². The van der Waals surface area contributed by atoms with Gasteiger partial charge in [0.15, 0.2) is 5.69 Å². The highest BCUT2D eigenvalue weighted by Gasteiger charge is 2.32. The molecular weight excluding hydrogens is 355 g/mol. The zero-order valence-corrected chi connectivity index (χ0v) is 15.8. The summed E-state index contributed by atoms with van der Waals surface area (Å²) in [6, 6.07) is 4.35. The largest absolute Gasteiger partial charge is 0.292 e. The molecule has 1 aliphatic rings. The number of halogens is 2. The van der Waals surface area contributed by atoms with Gasteiger partial charge in [-0.2, -0.15) is 10.2 Å². The lowest BCUT2D eigenvalue weighted by molar-refractivity contribution is 0.0948. The van der Waals surface area contributed by atoms with Gasteiger partial charge >= 0.3 is 0 Å². The summed E-state index contributed by atoms with van der Waals surface area (Å²) in [7, 11) is 0. The van der Waals surface area contributed by atoms with E-state index in [1.807, 2.05) is 0 Å². The van der Waals surface area contributed by atoms with E-state index in [0.717, 1.165) is 30.5 Å². The van der Waals surface area contributed by atoms with E-state index in [-0.39, 0.29) is 16.0 Å². The monoisotopic (exact) mass is 376 g/mol. The van der Waals surface area contributed by atoms with E-state index in [1.165, 1.54) is 18.3 Å². The highest BCUT2D eigenvalue weighted by atomic mass is 35.5. The van der Waals surface area contributed by atoms with Crippen LogP contribution >= 0.6 is 11.6 Å². The molecule has 1 aliphatic carbocycles. The van der Waals surface area contributed by atoms with Crippen LogP contribution < -0.4 is 5.43 Å². The molecule has 0 radical (unpaired) electrons. The molecule has 2 N–H and O–H groups in total. The van der Waals surface area contributed by atoms with Gasteiger partial charge in [-0.25, -0.2) is 9.82 Å². The number of hydrogen-bond acceptors (Lipinski definition) is 3. The number of hydrazone groups is 1. The first kappa shape index (κ1) is 18.6. The summed E-state index contributed by atoms with van der Waals surface area (Å²) in [5.74, 6) is -0.429. The molecule has 0 fully saturated rings. The fraction of sp³-hybridized carbons (Fsp3) is 0.421. The zero-order valence-electron chi connectivity index (χ0n) is 15.1. The molecule has 1 aromatic carbocycles. The number of nitrogens with one attached hydrogen (secondary N) is 2. The lowest BCUT2D eigenvalue weighted by atomic mass is 9.71. The number of aromatic amines is 1. The zero-order chi connectivity index (χ0) is 18.9. The van der Waals surface area contributed by atoms with Gasteiger partial charge in [0.1, 0.15) is 5.82 Å². The number of nitrogens with zero attached hydrogens (tertiary/aromatic N) is 2. The standard InChI is InChI=1S/C19H22ClFN4O/c1-19(2,3)11-7-8-16-12(9-11)17(24-23-16)18(26)25-22-10-13-14(20)5-4-6-15(13)21/h4-6,10-11H,7-9H2,1-3H3,(H,23,24)(H,25,26). The normalized spacial score (nSPS) is 17.3. The third-order valence-corrected chi connectivity index (χ3v) is 5.27. The lowest BCUT2D eigenvalue weighted by Gasteiger charge is -2.33. The highest BCUT2D eigenvalue weighted by molar-refractivity contribution is 6.33. The second-order valence-corrected chi connectivity index (χ2v) is 8.08. The maximum atomic E-state index is 13.7. The van der Waals surface area contributed by atoms with Crippen LogP contribution in [0, 0.1) is 17.2 Å². The maximum Gasteiger partial charge on any atom is 0.292 e. The van der Waals surface area contributed by atoms with Crippen LogP contribution in [0.3, 0.4) is 0 Å². The van der Waals surface area contributed by atoms with Gasteiger partial charge in [-0.1, -0.05) is 38.4 Å². The highest BCUT2D eigenvalue weighted by Crippen LogP contribution is 2.37. The summed E-state index contributed by atoms with van der Waals surface area (Å²) in [4.78, 5) is 12.5. The van der Waals surface area contributed by atoms with Crippen molar-refractivity contribution in [2.45, 2.75) is 40.0 Å². The van der Waals surface area contributed by atoms with E-state index in [4.69, 9.17) is 11.6 Å². The van der Waals surface area contributed by atoms with Gasteiger partial charge < -0.3 is 0 Å². The molecule has 3 rings (SSSR count). The molecule has 1 atom stereocenters. The number of aromatic nitrogens is 2. The Bertz CT molecular complexity index is 833. The molecular formula is C19H22ClFN4O. The first-order valence-electron chi connectivity index (χ1n) is 8.61. The molecule has 138 valence electrons. The summed E-state index contributed by atoms with van der Waals surface area (Å²) in [5, 5.41) is 11.2. The van der Waals surface area contributed by atoms with E-state index in [1.54, 1.807) is 6.07 Å². The number of carbonyl (C=O) groups excluding carboxylic acids is 1. The summed E-state index contributed by atoms with van der Waals surface area (Å²) >= 11 is 5.94. The molecule has 0 bridgehead atoms. The molecule has 5 nitrogen and oxygen atoms in total. The number of fused-ring (bicyclic) bond motifs is 1. The Morgan fingerprint density at radius 2 is 2.23 bits per heavy atom. The second-order valence-electron chi connectivity index (χ2n) is 7.67. The van der Waals surface area contributed by atoms with Crippen LogP contribution in [0.4, 0.5) is 4.39 Å². The number of rotatable bonds is 3. The van der Waals surface area contributed by atoms with Crippen molar-refractivity contribution in [3.8, 4) is 0 Å². The van der Waals surface area contributed by atoms with Gasteiger partial charge in [-0.15, -0.1) is 0 Å². The first-order valence-corrected chi connectivity index (χ1v) is 8.98. The predicted octanol–water partition coefficient (Wildman–Crippen LogP) is 4.12. The van der Waals surface area contributed by atoms with Gasteiger partial charge in [0.25, 0.3) is 5.91 Å². The van der Waals surface area contributed by atoms with Crippen LogP contribution in [0.1, 0.15) is 54.5 Å². The molecule has 0 aliphatic heterocycles. The third-order valence-electron chi connectivity index (χ3n) is 4.95. The van der Waals surface area contributed by atoms with Crippen molar-refractivity contribution in [3.05, 3.63) is 51.6 Å². The minimum Gasteiger partial charge on any atom is -0.281 e. The molecule has 1 heterocycles. The van der Waals surface area contributed by atoms with Crippen molar-refractivity contribution in [2.24, 2.45) is 16.4 Å². The molecule has 1 unspecified atom stereocenters. The fourth-order valence-electron chi connectivity index (χ4n) is 3.26. The summed E-state index contributed by atoms with van der Waals surface area (Å²) in [5.41, 5.74) is 5.03. The predicted molar refractivity (Wildman–Crippen MR) is 100 cm³/mol. The van der Waals surface area contributed by atoms with Crippen LogP contribution in [0.5, 0.6) is 0 Å². The van der Waals surface area contributed by atoms with Gasteiger partial charge in [0.05, 0.1) is 11.2 Å². The minimum atomic E-state index is -0.499. The average Bonchev–Trinajstić information content (AvgIpc) is 3.00. The lowest BCUT2D eigenvalue weighted by Crippen LogP contribution is -2.28. The Balaban J connectivity index is 1.74. The summed E-state index contributed by atoms with van der Waals surface area (Å²) in [6.45, 7) is 6.64. The van der Waals surface area contributed by atoms with E-state index in [0.29, 0.717) is 11.6 Å². The number of aryl methyl sites for hydroxylation is 1. The van der Waals surface area contributed by atoms with Crippen molar-refractivity contribution in [1.29, 1.82) is 0 Å². The Hall–Kier alpha value is -2.21. The molecule has 0 saturated carbocycles. The van der Waals surface area contributed by atoms with Crippen LogP contribution in [0.2, 0.25) is 5.02 Å². The Morgan fingerprint density at radius 1 is 1.46 bits per heavy atom. The molecule has 2 aromatic rings. The van der Waals surface area contributed by atoms with Crippen molar-refractivity contribution in [3.63, 3.8) is 0 Å². The maximum absolute atomic E-state index is 13.7. The fourth-order valence-corrected chi connectivity index (χ4v) is 3.48. The minimum absolute atomic E-state index is 0.131. The number of benzene rings is 1. The van der Waals surface area contributed by atoms with Crippen LogP contribution in [0.25, 0.3) is 0 Å². The molecule has 26 heavy (non-hydrogen) atoms. The van der Waals surface area contributed by atoms with E-state index in [9.17, 15) is 9.18 Å². The van der Waals surface area contributed by atoms with Crippen LogP contribution in [-0.2, 0) is 12.8 Å². The van der Waals surface area contributed by atoms with Crippen molar-refractivity contribution in [2.75, 3.05) is 0 Å². The first-order chi connectivity index (χ1) is 12.3. The Morgan fingerprint density at radius 3 is 2.92 bits per heavy atom. The van der Waals surface area contributed by atoms with Crippen molar-refractivity contribution >= 4 is 23.7 Å². The average molecular weight is 377 g/mol. The van der Waals surface area contributed by atoms with Gasteiger partial charge in [0.2, 0.25) is 0 Å². The van der Waals surface area contributed by atoms with Crippen LogP contribution in [-0.4, -0.2) is 22.3 Å². The number of hydrogen-bond donors (Lipinski definition) is 2. The van der Waals surface area contributed by atoms with E-state index in [2.05, 4.69) is 41.5 Å². The van der Waals surface area contributed by atoms with Crippen molar-refractivity contribution < 1.29 is 9.18 Å². The quantitative estimate of drug-likeness (QED) is 0.625. The topological polar surface area (TPSA) is 70.1 Å². The van der Waals surface area contributed by atoms with Crippen molar-refractivity contribution in [1.82, 2.24) is 15.6 Å². The molecule has 7 heteroatoms. The molecule has 1 amide bonds. The summed E-state index contributed by atoms with van der Waals surface area (Å²) < 4.78 is 13.7. The summed E-state index contributed by atoms with van der Waals surface area (Å²) in [6.07, 6.45) is 3.96. The second kappa shape index (κ2) is 7.19. The number of H-pyrrole nitrogens is 1. The number of carbonyl (C=O) groups is 1. The van der Waals surface area contributed by atoms with Gasteiger partial charge in [-0.05, 0) is 42.7 Å². The molecule has 1 aromatic heterocycles. The van der Waals surface area contributed by atoms with Gasteiger partial charge in [-0.3, -0.25) is 9.89 Å². The SMILES string of the molecule is CC(C)(C)C1CCc2[nH]nc(C(=O)NN=Cc3c(F)cccc3Cl)c2C1. The molecule has 0 spiro atoms. The third kappa shape index (κ3) is 3.80. The van der Waals surface area contributed by atoms with E-state index >= 15 is 0 Å². The van der Waals surface area contributed by atoms with Gasteiger partial charge in [0, 0.05) is 16.8 Å². The molecule has 0 saturated heterocycles. The number of amides is 1. The van der Waals surface area contributed by atoms with Crippen LogP contribution in [0.15, 0.2) is 23.3 Å². The Kier molecular flexibility index (Phi) is 5.14. The smallest absolute Gasteiger partial charge is 0.281 e.